The highest BCUT2D eigenvalue weighted by Crippen LogP contribution is 2.34. The molecular weight excluding hydrogens is 374 g/mol. The molecule has 8 heteroatoms. The third kappa shape index (κ3) is 3.80. The van der Waals surface area contributed by atoms with Crippen LogP contribution in [0.1, 0.15) is 20.3 Å². The summed E-state index contributed by atoms with van der Waals surface area (Å²) >= 11 is 4.37. The topological polar surface area (TPSA) is 64.0 Å². The van der Waals surface area contributed by atoms with Gasteiger partial charge in [0.1, 0.15) is 4.83 Å². The molecule has 0 radical (unpaired) electrons. The third-order valence-electron chi connectivity index (χ3n) is 3.91. The van der Waals surface area contributed by atoms with Crippen LogP contribution in [0.2, 0.25) is 0 Å². The fraction of sp³-hybridized carbons (Fsp3) is 0.353. The molecule has 5 nitrogen and oxygen atoms in total. The second-order valence-corrected chi connectivity index (χ2v) is 8.48. The molecule has 0 saturated heterocycles. The molecule has 0 spiro atoms. The molecule has 0 bridgehead atoms. The molecule has 1 amide bonds. The largest absolute Gasteiger partial charge is 0.353 e. The van der Waals surface area contributed by atoms with Crippen LogP contribution in [0, 0.1) is 0 Å². The molecule has 132 valence electrons. The highest BCUT2D eigenvalue weighted by atomic mass is 32.2. The van der Waals surface area contributed by atoms with Crippen molar-refractivity contribution in [2.75, 3.05) is 5.75 Å². The maximum Gasteiger partial charge on any atom is 0.263 e. The van der Waals surface area contributed by atoms with Gasteiger partial charge in [-0.15, -0.1) is 22.7 Å². The zero-order valence-electron chi connectivity index (χ0n) is 14.2. The molecular formula is C17H19N3O2S3. The number of aromatic nitrogens is 2. The first-order valence-corrected chi connectivity index (χ1v) is 10.7. The Morgan fingerprint density at radius 2 is 2.24 bits per heavy atom. The van der Waals surface area contributed by atoms with Gasteiger partial charge in [0.15, 0.2) is 5.16 Å². The number of nitrogens with one attached hydrogen (secondary N) is 1. The minimum absolute atomic E-state index is 0.0425. The number of nitrogens with zero attached hydrogens (tertiary/aromatic N) is 2. The Morgan fingerprint density at radius 3 is 2.92 bits per heavy atom. The van der Waals surface area contributed by atoms with Crippen molar-refractivity contribution in [3.63, 3.8) is 0 Å². The molecule has 3 aromatic rings. The minimum atomic E-state index is -0.0699. The van der Waals surface area contributed by atoms with Gasteiger partial charge in [0.2, 0.25) is 5.91 Å². The Kier molecular flexibility index (Phi) is 5.61. The summed E-state index contributed by atoms with van der Waals surface area (Å²) in [6.07, 6.45) is 0.889. The van der Waals surface area contributed by atoms with E-state index in [0.29, 0.717) is 10.5 Å². The Labute approximate surface area is 158 Å². The van der Waals surface area contributed by atoms with E-state index in [4.69, 9.17) is 0 Å². The van der Waals surface area contributed by atoms with E-state index in [1.165, 1.54) is 27.7 Å². The molecule has 0 aliphatic rings. The molecule has 25 heavy (non-hydrogen) atoms. The molecule has 3 heterocycles. The molecule has 0 aliphatic heterocycles. The van der Waals surface area contributed by atoms with Crippen LogP contribution in [0.25, 0.3) is 20.7 Å². The van der Waals surface area contributed by atoms with Crippen molar-refractivity contribution in [1.82, 2.24) is 14.9 Å². The van der Waals surface area contributed by atoms with Crippen molar-refractivity contribution in [1.29, 1.82) is 0 Å². The van der Waals surface area contributed by atoms with Gasteiger partial charge in [-0.2, -0.15) is 0 Å². The van der Waals surface area contributed by atoms with Gasteiger partial charge in [0.25, 0.3) is 5.56 Å². The van der Waals surface area contributed by atoms with Crippen molar-refractivity contribution in [3.05, 3.63) is 33.2 Å². The predicted octanol–water partition coefficient (Wildman–Crippen LogP) is 3.73. The van der Waals surface area contributed by atoms with E-state index in [-0.39, 0.29) is 23.3 Å². The van der Waals surface area contributed by atoms with E-state index in [1.54, 1.807) is 18.4 Å². The van der Waals surface area contributed by atoms with Gasteiger partial charge in [-0.05, 0) is 24.8 Å². The summed E-state index contributed by atoms with van der Waals surface area (Å²) < 4.78 is 1.54. The van der Waals surface area contributed by atoms with Crippen molar-refractivity contribution in [2.45, 2.75) is 31.5 Å². The standard InChI is InChI=1S/C17H19N3O2S3/c1-4-10(2)18-13(21)9-25-17-19-15-14(16(22)20(17)3)11(8-24-15)12-6-5-7-23-12/h5-8,10H,4,9H2,1-3H3,(H,18,21). The van der Waals surface area contributed by atoms with E-state index in [0.717, 1.165) is 21.7 Å². The van der Waals surface area contributed by atoms with Crippen molar-refractivity contribution in [3.8, 4) is 10.4 Å². The second kappa shape index (κ2) is 7.72. The maximum atomic E-state index is 12.8. The lowest BCUT2D eigenvalue weighted by Gasteiger charge is -2.11. The van der Waals surface area contributed by atoms with E-state index in [2.05, 4.69) is 10.3 Å². The summed E-state index contributed by atoms with van der Waals surface area (Å²) in [4.78, 5) is 31.2. The molecule has 1 N–H and O–H groups in total. The number of fused-ring (bicyclic) bond motifs is 1. The normalized spacial score (nSPS) is 12.4. The lowest BCUT2D eigenvalue weighted by Crippen LogP contribution is -2.33. The first kappa shape index (κ1) is 18.2. The van der Waals surface area contributed by atoms with Gasteiger partial charge in [0.05, 0.1) is 11.1 Å². The van der Waals surface area contributed by atoms with Crippen molar-refractivity contribution >= 4 is 50.6 Å². The summed E-state index contributed by atoms with van der Waals surface area (Å²) in [5, 5.41) is 8.12. The van der Waals surface area contributed by atoms with Gasteiger partial charge in [-0.25, -0.2) is 4.98 Å². The van der Waals surface area contributed by atoms with Gasteiger partial charge in [-0.1, -0.05) is 24.8 Å². The Balaban J connectivity index is 1.88. The van der Waals surface area contributed by atoms with E-state index >= 15 is 0 Å². The minimum Gasteiger partial charge on any atom is -0.353 e. The lowest BCUT2D eigenvalue weighted by molar-refractivity contribution is -0.119. The fourth-order valence-corrected chi connectivity index (χ4v) is 4.93. The lowest BCUT2D eigenvalue weighted by atomic mass is 10.2. The highest BCUT2D eigenvalue weighted by Gasteiger charge is 2.17. The number of rotatable bonds is 6. The predicted molar refractivity (Wildman–Crippen MR) is 107 cm³/mol. The van der Waals surface area contributed by atoms with Crippen LogP contribution in [0.4, 0.5) is 0 Å². The van der Waals surface area contributed by atoms with Crippen LogP contribution >= 0.6 is 34.4 Å². The Morgan fingerprint density at radius 1 is 1.44 bits per heavy atom. The summed E-state index contributed by atoms with van der Waals surface area (Å²) in [5.74, 6) is 0.207. The average molecular weight is 394 g/mol. The van der Waals surface area contributed by atoms with Crippen LogP contribution in [0.5, 0.6) is 0 Å². The smallest absolute Gasteiger partial charge is 0.263 e. The summed E-state index contributed by atoms with van der Waals surface area (Å²) in [6.45, 7) is 4.00. The van der Waals surface area contributed by atoms with Crippen LogP contribution in [-0.2, 0) is 11.8 Å². The molecule has 0 aromatic carbocycles. The highest BCUT2D eigenvalue weighted by molar-refractivity contribution is 7.99. The monoisotopic (exact) mass is 393 g/mol. The zero-order chi connectivity index (χ0) is 18.0. The quantitative estimate of drug-likeness (QED) is 0.512. The average Bonchev–Trinajstić information content (AvgIpc) is 3.25. The molecule has 3 aromatic heterocycles. The second-order valence-electron chi connectivity index (χ2n) is 5.73. The molecule has 1 atom stereocenters. The summed E-state index contributed by atoms with van der Waals surface area (Å²) in [7, 11) is 1.71. The van der Waals surface area contributed by atoms with Crippen molar-refractivity contribution in [2.24, 2.45) is 7.05 Å². The fourth-order valence-electron chi connectivity index (χ4n) is 2.34. The Bertz CT molecular complexity index is 944. The first-order valence-electron chi connectivity index (χ1n) is 7.95. The number of hydrogen-bond acceptors (Lipinski definition) is 6. The van der Waals surface area contributed by atoms with E-state index in [1.807, 2.05) is 36.7 Å². The van der Waals surface area contributed by atoms with E-state index < -0.39 is 0 Å². The molecule has 3 rings (SSSR count). The van der Waals surface area contributed by atoms with Crippen LogP contribution in [0.3, 0.4) is 0 Å². The summed E-state index contributed by atoms with van der Waals surface area (Å²) in [5.41, 5.74) is 0.869. The van der Waals surface area contributed by atoms with E-state index in [9.17, 15) is 9.59 Å². The molecule has 1 unspecified atom stereocenters. The Hall–Kier alpha value is -1.64. The SMILES string of the molecule is CCC(C)NC(=O)CSc1nc2scc(-c3cccs3)c2c(=O)n1C. The third-order valence-corrected chi connectivity index (χ3v) is 6.72. The number of hydrogen-bond donors (Lipinski definition) is 1. The number of thiophene rings is 2. The van der Waals surface area contributed by atoms with Gasteiger partial charge in [-0.3, -0.25) is 14.2 Å². The van der Waals surface area contributed by atoms with Gasteiger partial charge >= 0.3 is 0 Å². The summed E-state index contributed by atoms with van der Waals surface area (Å²) in [6, 6.07) is 4.13. The van der Waals surface area contributed by atoms with Gasteiger partial charge in [0, 0.05) is 28.9 Å². The number of carbonyl (C=O) groups excluding carboxylic acids is 1. The van der Waals surface area contributed by atoms with Crippen molar-refractivity contribution < 1.29 is 4.79 Å². The van der Waals surface area contributed by atoms with Crippen LogP contribution in [-0.4, -0.2) is 27.3 Å². The van der Waals surface area contributed by atoms with Gasteiger partial charge < -0.3 is 5.32 Å². The number of thioether (sulfide) groups is 1. The van der Waals surface area contributed by atoms with Crippen LogP contribution in [0.15, 0.2) is 32.8 Å². The molecule has 0 saturated carbocycles. The van der Waals surface area contributed by atoms with Crippen LogP contribution < -0.4 is 10.9 Å². The molecule has 0 fully saturated rings. The maximum absolute atomic E-state index is 12.8. The first-order chi connectivity index (χ1) is 12.0. The zero-order valence-corrected chi connectivity index (χ0v) is 16.7. The number of amides is 1. The molecule has 0 aliphatic carbocycles. The number of carbonyl (C=O) groups is 1.